The van der Waals surface area contributed by atoms with Crippen LogP contribution < -0.4 is 9.64 Å². The summed E-state index contributed by atoms with van der Waals surface area (Å²) in [4.78, 5) is 39.5. The lowest BCUT2D eigenvalue weighted by Crippen LogP contribution is -2.31. The molecule has 1 aliphatic heterocycles. The Morgan fingerprint density at radius 2 is 1.52 bits per heavy atom. The minimum atomic E-state index is -0.279. The first-order chi connectivity index (χ1) is 14.0. The molecule has 0 spiro atoms. The van der Waals surface area contributed by atoms with E-state index in [0.717, 1.165) is 25.7 Å². The number of carbonyl (C=O) groups excluding carboxylic acids is 3. The van der Waals surface area contributed by atoms with E-state index in [1.165, 1.54) is 11.0 Å². The zero-order valence-corrected chi connectivity index (χ0v) is 17.1. The van der Waals surface area contributed by atoms with Crippen LogP contribution in [0.25, 0.3) is 0 Å². The van der Waals surface area contributed by atoms with Crippen LogP contribution in [0.3, 0.4) is 0 Å². The van der Waals surface area contributed by atoms with Crippen LogP contribution in [-0.4, -0.2) is 24.2 Å². The summed E-state index contributed by atoms with van der Waals surface area (Å²) in [5, 5.41) is 0.918. The molecule has 1 saturated carbocycles. The summed E-state index contributed by atoms with van der Waals surface area (Å²) in [6.07, 6.45) is 3.33. The van der Waals surface area contributed by atoms with Gasteiger partial charge >= 0.3 is 0 Å². The van der Waals surface area contributed by atoms with Crippen LogP contribution in [0, 0.1) is 11.8 Å². The maximum absolute atomic E-state index is 12.9. The third-order valence-corrected chi connectivity index (χ3v) is 6.02. The van der Waals surface area contributed by atoms with Gasteiger partial charge in [-0.05, 0) is 55.3 Å². The average molecular weight is 432 g/mol. The molecule has 0 aromatic heterocycles. The van der Waals surface area contributed by atoms with E-state index in [1.54, 1.807) is 36.4 Å². The number of benzene rings is 2. The Morgan fingerprint density at radius 1 is 0.931 bits per heavy atom. The van der Waals surface area contributed by atoms with Crippen molar-refractivity contribution in [1.29, 1.82) is 0 Å². The van der Waals surface area contributed by atoms with Crippen molar-refractivity contribution in [1.82, 2.24) is 0 Å². The van der Waals surface area contributed by atoms with Gasteiger partial charge in [-0.15, -0.1) is 0 Å². The summed E-state index contributed by atoms with van der Waals surface area (Å²) in [6.45, 7) is -0.237. The number of anilines is 1. The molecule has 2 fully saturated rings. The van der Waals surface area contributed by atoms with Crippen LogP contribution in [0.2, 0.25) is 10.0 Å². The molecule has 29 heavy (non-hydrogen) atoms. The van der Waals surface area contributed by atoms with E-state index >= 15 is 0 Å². The number of imide groups is 1. The largest absolute Gasteiger partial charge is 0.483 e. The zero-order chi connectivity index (χ0) is 20.5. The quantitative estimate of drug-likeness (QED) is 0.496. The van der Waals surface area contributed by atoms with Gasteiger partial charge in [-0.2, -0.15) is 0 Å². The van der Waals surface area contributed by atoms with Crippen molar-refractivity contribution >= 4 is 46.5 Å². The number of amides is 2. The van der Waals surface area contributed by atoms with Gasteiger partial charge in [-0.3, -0.25) is 14.4 Å². The number of Topliss-reactive ketones (excluding diaryl/α,β-unsaturated/α-hetero) is 1. The van der Waals surface area contributed by atoms with Gasteiger partial charge in [0.2, 0.25) is 11.8 Å². The van der Waals surface area contributed by atoms with E-state index in [9.17, 15) is 14.4 Å². The van der Waals surface area contributed by atoms with Gasteiger partial charge in [0.1, 0.15) is 5.75 Å². The van der Waals surface area contributed by atoms with Crippen LogP contribution in [0.1, 0.15) is 36.0 Å². The maximum atomic E-state index is 12.9. The summed E-state index contributed by atoms with van der Waals surface area (Å²) < 4.78 is 5.71. The number of carbonyl (C=O) groups is 3. The first-order valence-electron chi connectivity index (χ1n) is 9.54. The molecule has 150 valence electrons. The molecule has 2 aromatic rings. The molecule has 1 saturated heterocycles. The minimum absolute atomic E-state index is 0.212. The Morgan fingerprint density at radius 3 is 2.14 bits per heavy atom. The van der Waals surface area contributed by atoms with Crippen LogP contribution in [0.4, 0.5) is 5.69 Å². The molecule has 7 heteroatoms. The van der Waals surface area contributed by atoms with Crippen molar-refractivity contribution in [2.24, 2.45) is 11.8 Å². The summed E-state index contributed by atoms with van der Waals surface area (Å²) >= 11 is 12.0. The summed E-state index contributed by atoms with van der Waals surface area (Å²) in [5.41, 5.74) is 0.759. The fourth-order valence-corrected chi connectivity index (χ4v) is 4.34. The van der Waals surface area contributed by atoms with Gasteiger partial charge in [-0.1, -0.05) is 36.0 Å². The van der Waals surface area contributed by atoms with E-state index in [-0.39, 0.29) is 41.8 Å². The molecule has 0 N–H and O–H groups in total. The van der Waals surface area contributed by atoms with E-state index in [2.05, 4.69) is 0 Å². The average Bonchev–Trinajstić information content (AvgIpc) is 2.98. The van der Waals surface area contributed by atoms with E-state index in [0.29, 0.717) is 21.3 Å². The first-order valence-corrected chi connectivity index (χ1v) is 10.3. The number of hydrogen-bond donors (Lipinski definition) is 0. The van der Waals surface area contributed by atoms with E-state index < -0.39 is 0 Å². The molecule has 0 radical (unpaired) electrons. The Hall–Kier alpha value is -2.37. The molecule has 2 unspecified atom stereocenters. The molecule has 2 aliphatic rings. The van der Waals surface area contributed by atoms with Crippen molar-refractivity contribution in [3.8, 4) is 5.75 Å². The highest BCUT2D eigenvalue weighted by molar-refractivity contribution is 6.31. The molecular formula is C22H19Cl2NO4. The zero-order valence-electron chi connectivity index (χ0n) is 15.6. The number of nitrogens with zero attached hydrogens (tertiary/aromatic N) is 1. The lowest BCUT2D eigenvalue weighted by atomic mass is 9.81. The smallest absolute Gasteiger partial charge is 0.237 e. The number of fused-ring (bicyclic) bond motifs is 1. The summed E-state index contributed by atoms with van der Waals surface area (Å²) in [7, 11) is 0. The second-order valence-corrected chi connectivity index (χ2v) is 8.21. The molecule has 5 nitrogen and oxygen atoms in total. The Labute approximate surface area is 178 Å². The van der Waals surface area contributed by atoms with Crippen molar-refractivity contribution in [2.75, 3.05) is 11.5 Å². The highest BCUT2D eigenvalue weighted by atomic mass is 35.5. The maximum Gasteiger partial charge on any atom is 0.237 e. The van der Waals surface area contributed by atoms with Crippen LogP contribution in [0.15, 0.2) is 42.5 Å². The van der Waals surface area contributed by atoms with Gasteiger partial charge in [0, 0.05) is 15.6 Å². The fourth-order valence-electron chi connectivity index (χ4n) is 4.05. The number of rotatable bonds is 5. The highest BCUT2D eigenvalue weighted by Crippen LogP contribution is 2.43. The number of ketones is 1. The summed E-state index contributed by atoms with van der Waals surface area (Å²) in [6, 6.07) is 11.2. The third kappa shape index (κ3) is 3.89. The van der Waals surface area contributed by atoms with Crippen molar-refractivity contribution in [3.63, 3.8) is 0 Å². The molecule has 0 bridgehead atoms. The molecule has 1 aliphatic carbocycles. The molecule has 2 amide bonds. The third-order valence-electron chi connectivity index (χ3n) is 5.53. The molecule has 4 rings (SSSR count). The van der Waals surface area contributed by atoms with E-state index in [4.69, 9.17) is 27.9 Å². The highest BCUT2D eigenvalue weighted by Gasteiger charge is 2.49. The second-order valence-electron chi connectivity index (χ2n) is 7.34. The Bertz CT molecular complexity index is 949. The van der Waals surface area contributed by atoms with Crippen molar-refractivity contribution in [2.45, 2.75) is 25.7 Å². The van der Waals surface area contributed by atoms with Crippen molar-refractivity contribution in [3.05, 3.63) is 58.1 Å². The van der Waals surface area contributed by atoms with E-state index in [1.807, 2.05) is 0 Å². The normalized spacial score (nSPS) is 21.2. The van der Waals surface area contributed by atoms with Crippen LogP contribution >= 0.6 is 23.2 Å². The molecular weight excluding hydrogens is 413 g/mol. The van der Waals surface area contributed by atoms with Gasteiger partial charge in [0.15, 0.2) is 12.4 Å². The molecule has 2 atom stereocenters. The van der Waals surface area contributed by atoms with Gasteiger partial charge in [0.25, 0.3) is 0 Å². The second kappa shape index (κ2) is 8.17. The molecule has 2 aromatic carbocycles. The fraction of sp³-hybridized carbons (Fsp3) is 0.318. The van der Waals surface area contributed by atoms with Crippen molar-refractivity contribution < 1.29 is 19.1 Å². The van der Waals surface area contributed by atoms with Crippen LogP contribution in [-0.2, 0) is 9.59 Å². The lowest BCUT2D eigenvalue weighted by molar-refractivity contribution is -0.122. The van der Waals surface area contributed by atoms with Gasteiger partial charge in [0.05, 0.1) is 17.5 Å². The number of halogens is 2. The standard InChI is InChI=1S/C22H19Cl2NO4/c23-14-7-5-13(6-8-14)19(26)12-29-20-10-9-15(24)11-18(20)25-21(27)16-3-1-2-4-17(16)22(25)28/h5-11,16-17H,1-4,12H2. The number of hydrogen-bond acceptors (Lipinski definition) is 4. The SMILES string of the molecule is O=C(COc1ccc(Cl)cc1N1C(=O)C2CCCCC2C1=O)c1ccc(Cl)cc1. The van der Waals surface area contributed by atoms with Gasteiger partial charge < -0.3 is 4.74 Å². The van der Waals surface area contributed by atoms with Crippen LogP contribution in [0.5, 0.6) is 5.75 Å². The minimum Gasteiger partial charge on any atom is -0.483 e. The lowest BCUT2D eigenvalue weighted by Gasteiger charge is -2.19. The van der Waals surface area contributed by atoms with Gasteiger partial charge in [-0.25, -0.2) is 4.90 Å². The monoisotopic (exact) mass is 431 g/mol. The predicted octanol–water partition coefficient (Wildman–Crippen LogP) is 4.93. The Kier molecular flexibility index (Phi) is 5.61. The topological polar surface area (TPSA) is 63.7 Å². The predicted molar refractivity (Wildman–Crippen MR) is 111 cm³/mol. The molecule has 1 heterocycles. The first kappa shape index (κ1) is 19.9. The Balaban J connectivity index is 1.58. The number of ether oxygens (including phenoxy) is 1. The summed E-state index contributed by atoms with van der Waals surface area (Å²) in [5.74, 6) is -0.948.